The zero-order chi connectivity index (χ0) is 15.5. The third-order valence-corrected chi connectivity index (χ3v) is 4.15. The normalized spacial score (nSPS) is 16.5. The Hall–Kier alpha value is -1.66. The van der Waals surface area contributed by atoms with Crippen LogP contribution < -0.4 is 10.6 Å². The van der Waals surface area contributed by atoms with Gasteiger partial charge in [0.15, 0.2) is 0 Å². The molecule has 2 N–H and O–H groups in total. The molecule has 1 amide bonds. The highest BCUT2D eigenvalue weighted by atomic mass is 35.5. The van der Waals surface area contributed by atoms with Gasteiger partial charge in [-0.25, -0.2) is 0 Å². The minimum Gasteiger partial charge on any atom is -0.351 e. The molecule has 6 nitrogen and oxygen atoms in total. The van der Waals surface area contributed by atoms with Crippen LogP contribution in [0.1, 0.15) is 35.7 Å². The van der Waals surface area contributed by atoms with Gasteiger partial charge in [0.25, 0.3) is 11.6 Å². The van der Waals surface area contributed by atoms with Crippen LogP contribution in [0.5, 0.6) is 0 Å². The van der Waals surface area contributed by atoms with E-state index in [1.807, 2.05) is 0 Å². The molecule has 0 aliphatic carbocycles. The number of piperidine rings is 1. The second-order valence-corrected chi connectivity index (χ2v) is 5.97. The monoisotopic (exact) mass is 327 g/mol. The zero-order valence-electron chi connectivity index (χ0n) is 12.8. The first-order chi connectivity index (χ1) is 9.93. The molecule has 1 aromatic carbocycles. The van der Waals surface area contributed by atoms with Gasteiger partial charge in [-0.05, 0) is 44.3 Å². The second kappa shape index (κ2) is 7.56. The number of nitrogens with one attached hydrogen (secondary N) is 2. The summed E-state index contributed by atoms with van der Waals surface area (Å²) in [6, 6.07) is 4.82. The average molecular weight is 328 g/mol. The maximum Gasteiger partial charge on any atom is 0.285 e. The van der Waals surface area contributed by atoms with Gasteiger partial charge in [-0.1, -0.05) is 19.1 Å². The topological polar surface area (TPSA) is 84.3 Å². The number of aryl methyl sites for hydroxylation is 1. The van der Waals surface area contributed by atoms with E-state index in [-0.39, 0.29) is 35.0 Å². The molecule has 1 aliphatic rings. The molecule has 7 heteroatoms. The van der Waals surface area contributed by atoms with Crippen LogP contribution in [0.25, 0.3) is 0 Å². The molecule has 1 fully saturated rings. The summed E-state index contributed by atoms with van der Waals surface area (Å²) >= 11 is 0. The fraction of sp³-hybridized carbons (Fsp3) is 0.533. The lowest BCUT2D eigenvalue weighted by Crippen LogP contribution is -2.43. The molecule has 0 atom stereocenters. The Bertz CT molecular complexity index is 557. The maximum atomic E-state index is 12.3. The molecule has 2 rings (SSSR count). The molecule has 1 aliphatic heterocycles. The van der Waals surface area contributed by atoms with Gasteiger partial charge in [0.2, 0.25) is 0 Å². The van der Waals surface area contributed by atoms with Gasteiger partial charge in [-0.2, -0.15) is 0 Å². The smallest absolute Gasteiger partial charge is 0.285 e. The van der Waals surface area contributed by atoms with E-state index in [0.29, 0.717) is 12.1 Å². The molecular weight excluding hydrogens is 306 g/mol. The van der Waals surface area contributed by atoms with Crippen LogP contribution >= 0.6 is 12.4 Å². The summed E-state index contributed by atoms with van der Waals surface area (Å²) in [6.45, 7) is 6.20. The Morgan fingerprint density at radius 1 is 1.41 bits per heavy atom. The van der Waals surface area contributed by atoms with Crippen molar-refractivity contribution in [2.45, 2.75) is 26.7 Å². The number of nitro groups is 1. The second-order valence-electron chi connectivity index (χ2n) is 5.97. The summed E-state index contributed by atoms with van der Waals surface area (Å²) in [6.07, 6.45) is 1.98. The van der Waals surface area contributed by atoms with Crippen molar-refractivity contribution in [3.63, 3.8) is 0 Å². The van der Waals surface area contributed by atoms with Crippen LogP contribution in [0.15, 0.2) is 18.2 Å². The number of benzene rings is 1. The molecule has 0 spiro atoms. The molecule has 22 heavy (non-hydrogen) atoms. The highest BCUT2D eigenvalue weighted by molar-refractivity contribution is 5.98. The molecule has 1 aromatic rings. The predicted molar refractivity (Wildman–Crippen MR) is 87.6 cm³/mol. The van der Waals surface area contributed by atoms with Crippen LogP contribution in [-0.4, -0.2) is 30.5 Å². The summed E-state index contributed by atoms with van der Waals surface area (Å²) in [5, 5.41) is 17.3. The molecule has 0 bridgehead atoms. The molecule has 122 valence electrons. The fourth-order valence-corrected chi connectivity index (χ4v) is 2.68. The number of nitrogens with zero attached hydrogens (tertiary/aromatic N) is 1. The van der Waals surface area contributed by atoms with E-state index in [1.165, 1.54) is 6.07 Å². The Kier molecular flexibility index (Phi) is 6.32. The van der Waals surface area contributed by atoms with Crippen molar-refractivity contribution in [3.05, 3.63) is 39.4 Å². The van der Waals surface area contributed by atoms with Crippen molar-refractivity contribution in [2.24, 2.45) is 5.41 Å². The molecule has 0 saturated carbocycles. The predicted octanol–water partition coefficient (Wildman–Crippen LogP) is 2.44. The van der Waals surface area contributed by atoms with Crippen LogP contribution in [0, 0.1) is 22.5 Å². The van der Waals surface area contributed by atoms with E-state index in [0.717, 1.165) is 25.9 Å². The number of amides is 1. The van der Waals surface area contributed by atoms with Gasteiger partial charge < -0.3 is 10.6 Å². The van der Waals surface area contributed by atoms with Crippen molar-refractivity contribution < 1.29 is 9.72 Å². The Morgan fingerprint density at radius 2 is 2.05 bits per heavy atom. The van der Waals surface area contributed by atoms with Crippen molar-refractivity contribution >= 4 is 24.0 Å². The third-order valence-electron chi connectivity index (χ3n) is 4.15. The maximum absolute atomic E-state index is 12.3. The fourth-order valence-electron chi connectivity index (χ4n) is 2.68. The number of hydrogen-bond donors (Lipinski definition) is 2. The first kappa shape index (κ1) is 18.4. The van der Waals surface area contributed by atoms with Crippen molar-refractivity contribution in [1.82, 2.24) is 10.6 Å². The van der Waals surface area contributed by atoms with E-state index < -0.39 is 4.92 Å². The minimum absolute atomic E-state index is 0. The zero-order valence-corrected chi connectivity index (χ0v) is 13.7. The lowest BCUT2D eigenvalue weighted by atomic mass is 9.81. The molecular formula is C15H22ClN3O3. The summed E-state index contributed by atoms with van der Waals surface area (Å²) in [5.74, 6) is -0.370. The molecule has 0 radical (unpaired) electrons. The van der Waals surface area contributed by atoms with Crippen molar-refractivity contribution in [3.8, 4) is 0 Å². The van der Waals surface area contributed by atoms with Crippen LogP contribution in [0.3, 0.4) is 0 Å². The van der Waals surface area contributed by atoms with Gasteiger partial charge >= 0.3 is 0 Å². The Balaban J connectivity index is 0.00000242. The van der Waals surface area contributed by atoms with Crippen LogP contribution in [-0.2, 0) is 0 Å². The summed E-state index contributed by atoms with van der Waals surface area (Å²) in [5.41, 5.74) is 0.586. The highest BCUT2D eigenvalue weighted by Gasteiger charge is 2.28. The van der Waals surface area contributed by atoms with Crippen LogP contribution in [0.2, 0.25) is 0 Å². The Labute approximate surface area is 136 Å². The molecule has 0 aromatic heterocycles. The van der Waals surface area contributed by atoms with E-state index >= 15 is 0 Å². The lowest BCUT2D eigenvalue weighted by molar-refractivity contribution is -0.385. The minimum atomic E-state index is -0.490. The van der Waals surface area contributed by atoms with Gasteiger partial charge in [0.1, 0.15) is 5.56 Å². The van der Waals surface area contributed by atoms with E-state index in [1.54, 1.807) is 19.1 Å². The van der Waals surface area contributed by atoms with Gasteiger partial charge in [-0.3, -0.25) is 14.9 Å². The first-order valence-electron chi connectivity index (χ1n) is 7.16. The molecule has 1 heterocycles. The van der Waals surface area contributed by atoms with Crippen LogP contribution in [0.4, 0.5) is 5.69 Å². The summed E-state index contributed by atoms with van der Waals surface area (Å²) in [4.78, 5) is 22.9. The van der Waals surface area contributed by atoms with E-state index in [4.69, 9.17) is 0 Å². The van der Waals surface area contributed by atoms with E-state index in [2.05, 4.69) is 17.6 Å². The third kappa shape index (κ3) is 4.18. The standard InChI is InChI=1S/C15H21N3O3.ClH/c1-11-4-3-5-12(13(11)18(20)21)14(19)17-10-15(2)6-8-16-9-7-15;/h3-5,16H,6-10H2,1-2H3,(H,17,19);1H. The number of halogens is 1. The molecule has 1 saturated heterocycles. The number of para-hydroxylation sites is 1. The quantitative estimate of drug-likeness (QED) is 0.657. The number of hydrogen-bond acceptors (Lipinski definition) is 4. The lowest BCUT2D eigenvalue weighted by Gasteiger charge is -2.34. The first-order valence-corrected chi connectivity index (χ1v) is 7.16. The van der Waals surface area contributed by atoms with Crippen molar-refractivity contribution in [1.29, 1.82) is 0 Å². The SMILES string of the molecule is Cc1cccc(C(=O)NCC2(C)CCNCC2)c1[N+](=O)[O-].Cl. The summed E-state index contributed by atoms with van der Waals surface area (Å²) < 4.78 is 0. The van der Waals surface area contributed by atoms with Crippen molar-refractivity contribution in [2.75, 3.05) is 19.6 Å². The van der Waals surface area contributed by atoms with Gasteiger partial charge in [0, 0.05) is 12.1 Å². The number of carbonyl (C=O) groups excluding carboxylic acids is 1. The van der Waals surface area contributed by atoms with E-state index in [9.17, 15) is 14.9 Å². The van der Waals surface area contributed by atoms with Gasteiger partial charge in [-0.15, -0.1) is 12.4 Å². The number of nitro benzene ring substituents is 1. The Morgan fingerprint density at radius 3 is 2.64 bits per heavy atom. The number of rotatable bonds is 4. The average Bonchev–Trinajstić information content (AvgIpc) is 2.45. The highest BCUT2D eigenvalue weighted by Crippen LogP contribution is 2.27. The largest absolute Gasteiger partial charge is 0.351 e. The number of carbonyl (C=O) groups is 1. The van der Waals surface area contributed by atoms with Gasteiger partial charge in [0.05, 0.1) is 4.92 Å². The summed E-state index contributed by atoms with van der Waals surface area (Å²) in [7, 11) is 0. The molecule has 0 unspecified atom stereocenters.